The van der Waals surface area contributed by atoms with Gasteiger partial charge in [0.25, 0.3) is 0 Å². The molecule has 5 nitrogen and oxygen atoms in total. The third-order valence-corrected chi connectivity index (χ3v) is 3.97. The van der Waals surface area contributed by atoms with Crippen LogP contribution in [-0.2, 0) is 17.4 Å². The molecule has 0 bridgehead atoms. The Morgan fingerprint density at radius 3 is 2.61 bits per heavy atom. The van der Waals surface area contributed by atoms with Crippen LogP contribution in [0, 0.1) is 6.92 Å². The second-order valence-electron chi connectivity index (χ2n) is 4.63. The summed E-state index contributed by atoms with van der Waals surface area (Å²) in [5.74, 6) is -1.71. The molecule has 0 atom stereocenters. The molecule has 0 aliphatic carbocycles. The van der Waals surface area contributed by atoms with Gasteiger partial charge in [-0.05, 0) is 25.1 Å². The summed E-state index contributed by atoms with van der Waals surface area (Å²) < 4.78 is 37.8. The zero-order valence-electron chi connectivity index (χ0n) is 11.8. The zero-order chi connectivity index (χ0) is 17.2. The molecule has 1 amide bonds. The van der Waals surface area contributed by atoms with E-state index in [1.807, 2.05) is 0 Å². The van der Waals surface area contributed by atoms with Crippen molar-refractivity contribution < 1.29 is 27.9 Å². The molecule has 0 radical (unpaired) electrons. The van der Waals surface area contributed by atoms with Crippen molar-refractivity contribution in [2.24, 2.45) is 0 Å². The Kier molecular flexibility index (Phi) is 4.69. The van der Waals surface area contributed by atoms with Crippen LogP contribution >= 0.6 is 11.3 Å². The number of nitrogens with one attached hydrogen (secondary N) is 1. The third kappa shape index (κ3) is 4.28. The van der Waals surface area contributed by atoms with Crippen LogP contribution in [0.15, 0.2) is 24.3 Å². The Morgan fingerprint density at radius 2 is 2.04 bits per heavy atom. The fraction of sp³-hybridized carbons (Fsp3) is 0.214. The number of carbonyl (C=O) groups is 2. The van der Waals surface area contributed by atoms with Crippen LogP contribution in [0.25, 0.3) is 0 Å². The van der Waals surface area contributed by atoms with Gasteiger partial charge in [-0.15, -0.1) is 11.3 Å². The standard InChI is InChI=1S/C14H11F3N2O3S/c1-7-12(13(21)22)23-11(18-7)6-10(20)19-9-4-2-3-8(5-9)14(15,16)17/h2-5H,6H2,1H3,(H,19,20)(H,21,22). The van der Waals surface area contributed by atoms with Crippen LogP contribution in [-0.4, -0.2) is 22.0 Å². The first-order valence-electron chi connectivity index (χ1n) is 6.33. The molecule has 2 aromatic rings. The number of carboxylic acid groups (broad SMARTS) is 1. The predicted molar refractivity (Wildman–Crippen MR) is 77.6 cm³/mol. The lowest BCUT2D eigenvalue weighted by atomic mass is 10.2. The van der Waals surface area contributed by atoms with Crippen LogP contribution < -0.4 is 5.32 Å². The van der Waals surface area contributed by atoms with E-state index in [2.05, 4.69) is 10.3 Å². The molecule has 2 N–H and O–H groups in total. The second kappa shape index (κ2) is 6.37. The Morgan fingerprint density at radius 1 is 1.35 bits per heavy atom. The number of rotatable bonds is 4. The number of halogens is 3. The number of amides is 1. The van der Waals surface area contributed by atoms with Gasteiger partial charge in [-0.1, -0.05) is 6.07 Å². The number of nitrogens with zero attached hydrogens (tertiary/aromatic N) is 1. The van der Waals surface area contributed by atoms with Gasteiger partial charge in [0.05, 0.1) is 17.7 Å². The summed E-state index contributed by atoms with van der Waals surface area (Å²) in [5.41, 5.74) is -0.561. The number of thiazole rings is 1. The van der Waals surface area contributed by atoms with E-state index >= 15 is 0 Å². The number of anilines is 1. The Hall–Kier alpha value is -2.42. The zero-order valence-corrected chi connectivity index (χ0v) is 12.6. The Bertz CT molecular complexity index is 756. The van der Waals surface area contributed by atoms with Crippen molar-refractivity contribution in [1.29, 1.82) is 0 Å². The van der Waals surface area contributed by atoms with Gasteiger partial charge in [-0.25, -0.2) is 9.78 Å². The first kappa shape index (κ1) is 16.9. The van der Waals surface area contributed by atoms with E-state index in [1.165, 1.54) is 19.1 Å². The lowest BCUT2D eigenvalue weighted by molar-refractivity contribution is -0.137. The molecular formula is C14H11F3N2O3S. The van der Waals surface area contributed by atoms with E-state index in [0.29, 0.717) is 5.69 Å². The van der Waals surface area contributed by atoms with Crippen LogP contribution in [0.4, 0.5) is 18.9 Å². The van der Waals surface area contributed by atoms with E-state index in [0.717, 1.165) is 23.5 Å². The first-order chi connectivity index (χ1) is 10.7. The lowest BCUT2D eigenvalue weighted by Crippen LogP contribution is -2.15. The van der Waals surface area contributed by atoms with Gasteiger partial charge in [-0.2, -0.15) is 13.2 Å². The van der Waals surface area contributed by atoms with Crippen molar-refractivity contribution in [3.8, 4) is 0 Å². The van der Waals surface area contributed by atoms with E-state index < -0.39 is 23.6 Å². The highest BCUT2D eigenvalue weighted by molar-refractivity contribution is 7.13. The van der Waals surface area contributed by atoms with Crippen molar-refractivity contribution in [1.82, 2.24) is 4.98 Å². The maximum absolute atomic E-state index is 12.6. The highest BCUT2D eigenvalue weighted by Gasteiger charge is 2.30. The van der Waals surface area contributed by atoms with Gasteiger partial charge in [0.1, 0.15) is 9.88 Å². The average molecular weight is 344 g/mol. The van der Waals surface area contributed by atoms with Gasteiger partial charge < -0.3 is 10.4 Å². The molecule has 0 spiro atoms. The number of aryl methyl sites for hydroxylation is 1. The molecule has 2 rings (SSSR count). The molecule has 1 aromatic carbocycles. The Labute approximate surface area is 132 Å². The summed E-state index contributed by atoms with van der Waals surface area (Å²) in [5, 5.41) is 11.5. The van der Waals surface area contributed by atoms with Crippen LogP contribution in [0.1, 0.15) is 25.9 Å². The van der Waals surface area contributed by atoms with Crippen molar-refractivity contribution in [2.75, 3.05) is 5.32 Å². The average Bonchev–Trinajstić information content (AvgIpc) is 2.78. The lowest BCUT2D eigenvalue weighted by Gasteiger charge is -2.09. The monoisotopic (exact) mass is 344 g/mol. The summed E-state index contributed by atoms with van der Waals surface area (Å²) in [7, 11) is 0. The maximum atomic E-state index is 12.6. The fourth-order valence-corrected chi connectivity index (χ4v) is 2.74. The number of hydrogen-bond acceptors (Lipinski definition) is 4. The maximum Gasteiger partial charge on any atom is 0.416 e. The molecule has 1 heterocycles. The molecule has 122 valence electrons. The largest absolute Gasteiger partial charge is 0.477 e. The number of carboxylic acids is 1. The topological polar surface area (TPSA) is 79.3 Å². The fourth-order valence-electron chi connectivity index (χ4n) is 1.84. The van der Waals surface area contributed by atoms with Crippen LogP contribution in [0.2, 0.25) is 0 Å². The third-order valence-electron chi connectivity index (χ3n) is 2.82. The van der Waals surface area contributed by atoms with Gasteiger partial charge in [0.2, 0.25) is 5.91 Å². The number of aromatic carboxylic acids is 1. The molecule has 0 aliphatic rings. The quantitative estimate of drug-likeness (QED) is 0.891. The molecule has 23 heavy (non-hydrogen) atoms. The minimum atomic E-state index is -4.50. The van der Waals surface area contributed by atoms with Crippen molar-refractivity contribution in [3.05, 3.63) is 45.4 Å². The minimum Gasteiger partial charge on any atom is -0.477 e. The summed E-state index contributed by atoms with van der Waals surface area (Å²) in [6.45, 7) is 1.51. The summed E-state index contributed by atoms with van der Waals surface area (Å²) in [6.07, 6.45) is -4.71. The van der Waals surface area contributed by atoms with Gasteiger partial charge >= 0.3 is 12.1 Å². The van der Waals surface area contributed by atoms with Crippen molar-refractivity contribution in [2.45, 2.75) is 19.5 Å². The molecule has 0 fully saturated rings. The predicted octanol–water partition coefficient (Wildman–Crippen LogP) is 3.35. The molecule has 0 saturated heterocycles. The molecule has 0 unspecified atom stereocenters. The molecule has 9 heteroatoms. The van der Waals surface area contributed by atoms with E-state index in [-0.39, 0.29) is 22.0 Å². The number of benzene rings is 1. The normalized spacial score (nSPS) is 11.3. The number of hydrogen-bond donors (Lipinski definition) is 2. The molecule has 1 aromatic heterocycles. The summed E-state index contributed by atoms with van der Waals surface area (Å²) in [4.78, 5) is 26.8. The summed E-state index contributed by atoms with van der Waals surface area (Å²) in [6, 6.07) is 4.25. The molecule has 0 saturated carbocycles. The number of aromatic nitrogens is 1. The van der Waals surface area contributed by atoms with Crippen LogP contribution in [0.3, 0.4) is 0 Å². The summed E-state index contributed by atoms with van der Waals surface area (Å²) >= 11 is 0.862. The SMILES string of the molecule is Cc1nc(CC(=O)Nc2cccc(C(F)(F)F)c2)sc1C(=O)O. The first-order valence-corrected chi connectivity index (χ1v) is 7.15. The number of alkyl halides is 3. The molecule has 0 aliphatic heterocycles. The van der Waals surface area contributed by atoms with Gasteiger partial charge in [0, 0.05) is 5.69 Å². The number of carbonyl (C=O) groups excluding carboxylic acids is 1. The molecular weight excluding hydrogens is 333 g/mol. The Balaban J connectivity index is 2.08. The van der Waals surface area contributed by atoms with Crippen molar-refractivity contribution in [3.63, 3.8) is 0 Å². The second-order valence-corrected chi connectivity index (χ2v) is 5.71. The van der Waals surface area contributed by atoms with Gasteiger partial charge in [-0.3, -0.25) is 4.79 Å². The van der Waals surface area contributed by atoms with E-state index in [4.69, 9.17) is 5.11 Å². The van der Waals surface area contributed by atoms with E-state index in [9.17, 15) is 22.8 Å². The minimum absolute atomic E-state index is 0.0107. The van der Waals surface area contributed by atoms with E-state index in [1.54, 1.807) is 0 Å². The van der Waals surface area contributed by atoms with Gasteiger partial charge in [0.15, 0.2) is 0 Å². The van der Waals surface area contributed by atoms with Crippen LogP contribution in [0.5, 0.6) is 0 Å². The highest BCUT2D eigenvalue weighted by Crippen LogP contribution is 2.30. The smallest absolute Gasteiger partial charge is 0.416 e. The highest BCUT2D eigenvalue weighted by atomic mass is 32.1. The van der Waals surface area contributed by atoms with Crippen molar-refractivity contribution >= 4 is 28.9 Å².